The van der Waals surface area contributed by atoms with Crippen molar-refractivity contribution in [2.24, 2.45) is 4.99 Å². The lowest BCUT2D eigenvalue weighted by molar-refractivity contribution is -0.275. The fourth-order valence-corrected chi connectivity index (χ4v) is 12.9. The first-order chi connectivity index (χ1) is 58.6. The molecular formula is C87H85F18N7O16. The van der Waals surface area contributed by atoms with Gasteiger partial charge in [-0.05, 0) is 136 Å². The van der Waals surface area contributed by atoms with Crippen LogP contribution >= 0.6 is 0 Å². The van der Waals surface area contributed by atoms with E-state index in [1.807, 2.05) is 0 Å². The van der Waals surface area contributed by atoms with Gasteiger partial charge in [0, 0.05) is 57.0 Å². The van der Waals surface area contributed by atoms with Crippen LogP contribution in [0.1, 0.15) is 105 Å². The number of carboxylic acid groups (broad SMARTS) is 3. The quantitative estimate of drug-likeness (QED) is 0.0138. The fraction of sp³-hybridized carbons (Fsp3) is 0.276. The van der Waals surface area contributed by atoms with Gasteiger partial charge in [-0.15, -0.1) is 79.0 Å². The Balaban J connectivity index is 0.000000337. The van der Waals surface area contributed by atoms with Gasteiger partial charge >= 0.3 is 74.2 Å². The molecule has 9 aromatic rings. The molecule has 0 saturated carbocycles. The number of aliphatic imine (C=N–C) groups is 1. The summed E-state index contributed by atoms with van der Waals surface area (Å²) in [5.74, 6) is -8.00. The number of nitrogens with zero attached hydrogens (tertiary/aromatic N) is 1. The number of urea groups is 3. The summed E-state index contributed by atoms with van der Waals surface area (Å²) in [7, 11) is 0. The number of hydrogen-bond acceptors (Lipinski definition) is 14. The third-order valence-electron chi connectivity index (χ3n) is 17.9. The van der Waals surface area contributed by atoms with E-state index in [9.17, 15) is 123 Å². The van der Waals surface area contributed by atoms with Crippen molar-refractivity contribution in [1.82, 2.24) is 31.9 Å². The van der Waals surface area contributed by atoms with Crippen molar-refractivity contribution in [3.63, 3.8) is 0 Å². The number of aliphatic carboxylic acids is 3. The van der Waals surface area contributed by atoms with Crippen LogP contribution in [0.2, 0.25) is 0 Å². The summed E-state index contributed by atoms with van der Waals surface area (Å²) in [6.45, 7) is 1.04. The molecule has 23 nitrogen and oxygen atoms in total. The fourth-order valence-electron chi connectivity index (χ4n) is 12.9. The van der Waals surface area contributed by atoms with E-state index in [0.717, 1.165) is 79.7 Å². The number of aliphatic hydroxyl groups is 1. The molecule has 0 aliphatic carbocycles. The van der Waals surface area contributed by atoms with Gasteiger partial charge in [0.1, 0.15) is 40.5 Å². The minimum absolute atomic E-state index is 0. The summed E-state index contributed by atoms with van der Waals surface area (Å²) >= 11 is 0. The summed E-state index contributed by atoms with van der Waals surface area (Å²) in [6, 6.07) is 45.9. The molecule has 0 unspecified atom stereocenters. The number of benzene rings is 9. The van der Waals surface area contributed by atoms with E-state index in [2.05, 4.69) is 65.3 Å². The summed E-state index contributed by atoms with van der Waals surface area (Å²) in [4.78, 5) is 78.3. The van der Waals surface area contributed by atoms with Gasteiger partial charge in [0.05, 0.1) is 22.7 Å². The Morgan fingerprint density at radius 1 is 0.375 bits per heavy atom. The molecule has 1 aliphatic heterocycles. The lowest BCUT2D eigenvalue weighted by Crippen LogP contribution is -2.57. The predicted octanol–water partition coefficient (Wildman–Crippen LogP) is 19.6. The van der Waals surface area contributed by atoms with Gasteiger partial charge in [0.15, 0.2) is 6.04 Å². The number of amides is 6. The van der Waals surface area contributed by atoms with Gasteiger partial charge in [-0.3, -0.25) is 9.79 Å². The van der Waals surface area contributed by atoms with Crippen LogP contribution in [-0.4, -0.2) is 126 Å². The summed E-state index contributed by atoms with van der Waals surface area (Å²) in [5.41, 5.74) is -3.58. The van der Waals surface area contributed by atoms with Crippen LogP contribution in [-0.2, 0) is 50.3 Å². The molecule has 0 aromatic heterocycles. The van der Waals surface area contributed by atoms with Crippen LogP contribution in [0.25, 0.3) is 0 Å². The molecule has 0 bridgehead atoms. The van der Waals surface area contributed by atoms with Gasteiger partial charge in [0.2, 0.25) is 0 Å². The van der Waals surface area contributed by atoms with Crippen LogP contribution in [0, 0.1) is 0 Å². The average molecular weight is 1830 g/mol. The minimum Gasteiger partial charge on any atom is -0.481 e. The highest BCUT2D eigenvalue weighted by atomic mass is 19.4. The van der Waals surface area contributed by atoms with Crippen molar-refractivity contribution in [2.75, 3.05) is 6.54 Å². The number of carbonyl (C=O) groups is 6. The highest BCUT2D eigenvalue weighted by molar-refractivity contribution is 5.85. The number of alkyl halides is 18. The first-order valence-corrected chi connectivity index (χ1v) is 36.7. The number of ether oxygens (including phenoxy) is 6. The molecule has 10 rings (SSSR count). The van der Waals surface area contributed by atoms with Gasteiger partial charge in [0.25, 0.3) is 0 Å². The third kappa shape index (κ3) is 33.2. The smallest absolute Gasteiger partial charge is 0.481 e. The SMILES string of the molecule is C.C.C.C[C@@H](O)[C@H](NC(=O)NC(Cc1ccccc1)(c1cccc(OC(F)(F)F)c1)c1cccc(OC(F)(F)F)c1)C(=O)O.O=C(N[C@@H](CC1=CCC=N1)C(=O)O)NC(Cc1ccccc1)(c1cccc(OC(F)(F)F)c1)c1cccc(OC(F)(F)F)c1.O=C(O)CCCNC(=O)NC(Cc1ccccc1)(c1cccc(OC(F)(F)F)c1)c1cccc(OC(F)(F)F)c1. The van der Waals surface area contributed by atoms with E-state index in [4.69, 9.17) is 5.11 Å². The molecule has 0 spiro atoms. The number of halogens is 18. The zero-order chi connectivity index (χ0) is 91.8. The normalized spacial score (nSPS) is 12.9. The maximum atomic E-state index is 13.5. The van der Waals surface area contributed by atoms with E-state index >= 15 is 0 Å². The maximum Gasteiger partial charge on any atom is 0.573 e. The number of aliphatic hydroxyl groups excluding tert-OH is 1. The Morgan fingerprint density at radius 3 is 0.883 bits per heavy atom. The van der Waals surface area contributed by atoms with Crippen LogP contribution in [0.15, 0.2) is 253 Å². The Morgan fingerprint density at radius 2 is 0.648 bits per heavy atom. The number of hydrogen-bond donors (Lipinski definition) is 10. The molecule has 0 radical (unpaired) electrons. The van der Waals surface area contributed by atoms with Crippen LogP contribution in [0.4, 0.5) is 93.4 Å². The van der Waals surface area contributed by atoms with Gasteiger partial charge in [-0.2, -0.15) is 0 Å². The van der Waals surface area contributed by atoms with Gasteiger partial charge < -0.3 is 80.7 Å². The zero-order valence-corrected chi connectivity index (χ0v) is 64.5. The molecule has 690 valence electrons. The van der Waals surface area contributed by atoms with Crippen LogP contribution in [0.5, 0.6) is 34.5 Å². The average Bonchev–Trinajstić information content (AvgIpc) is 0.800. The molecule has 1 aliphatic rings. The number of nitrogens with one attached hydrogen (secondary N) is 6. The van der Waals surface area contributed by atoms with Crippen molar-refractivity contribution >= 4 is 42.2 Å². The second-order valence-corrected chi connectivity index (χ2v) is 27.1. The van der Waals surface area contributed by atoms with E-state index in [-0.39, 0.29) is 101 Å². The van der Waals surface area contributed by atoms with Crippen molar-refractivity contribution in [3.8, 4) is 34.5 Å². The van der Waals surface area contributed by atoms with Crippen LogP contribution < -0.4 is 60.3 Å². The van der Waals surface area contributed by atoms with Crippen molar-refractivity contribution in [2.45, 2.75) is 147 Å². The van der Waals surface area contributed by atoms with Crippen LogP contribution in [0.3, 0.4) is 0 Å². The third-order valence-corrected chi connectivity index (χ3v) is 17.9. The van der Waals surface area contributed by atoms with Crippen molar-refractivity contribution in [1.29, 1.82) is 0 Å². The molecule has 9 aromatic carbocycles. The molecule has 41 heteroatoms. The molecule has 6 amide bonds. The molecular weight excluding hydrogens is 1740 g/mol. The molecule has 1 heterocycles. The largest absolute Gasteiger partial charge is 0.573 e. The number of carbonyl (C=O) groups excluding carboxylic acids is 3. The Kier molecular flexibility index (Phi) is 37.1. The topological polar surface area (TPSA) is 323 Å². The zero-order valence-electron chi connectivity index (χ0n) is 64.5. The first kappa shape index (κ1) is 105. The van der Waals surface area contributed by atoms with Gasteiger partial charge in [-0.25, -0.2) is 24.0 Å². The maximum absolute atomic E-state index is 13.5. The Hall–Kier alpha value is -13.9. The lowest BCUT2D eigenvalue weighted by atomic mass is 9.77. The highest BCUT2D eigenvalue weighted by Crippen LogP contribution is 2.43. The molecule has 0 saturated heterocycles. The molecule has 10 N–H and O–H groups in total. The number of allylic oxidation sites excluding steroid dienone is 1. The Bertz CT molecular complexity index is 5020. The summed E-state index contributed by atoms with van der Waals surface area (Å²) in [6.07, 6.45) is -29.1. The second kappa shape index (κ2) is 45.3. The molecule has 0 fully saturated rings. The summed E-state index contributed by atoms with van der Waals surface area (Å²) in [5, 5.41) is 52.6. The van der Waals surface area contributed by atoms with E-state index in [1.165, 1.54) is 72.8 Å². The van der Waals surface area contributed by atoms with Crippen molar-refractivity contribution < 1.29 is 157 Å². The highest BCUT2D eigenvalue weighted by Gasteiger charge is 2.45. The second-order valence-electron chi connectivity index (χ2n) is 27.1. The first-order valence-electron chi connectivity index (χ1n) is 36.7. The summed E-state index contributed by atoms with van der Waals surface area (Å²) < 4.78 is 260. The van der Waals surface area contributed by atoms with E-state index in [1.54, 1.807) is 103 Å². The molecule has 3 atom stereocenters. The standard InChI is InChI=1S/C30H25F6N3O5.C27H24F6N2O6.C27H24F6N2O5.3CH4/c31-29(32,33)43-23-12-4-9-20(15-23)28(18-19-7-2-1-3-8-19,21-10-5-13-24(16-21)44-30(34,35)36)39-27(42)38-25(26(40)41)17-22-11-6-14-37-22;1-16(36)22(23(37)38)34-24(39)35-25(15-17-7-3-2-4-8-17,18-9-5-11-20(13-18)40-26(28,29)30)19-10-6-12-21(14-19)41-27(31,32)33;28-26(29,30)39-21-11-4-9-19(15-21)25(17-18-7-2-1-3-8-18,35-24(38)34-14-6-13-23(36)37)20-10-5-12-22(16-20)40-27(31,32)33;;;/h1-5,7-16,25H,6,17-18H2,(H,40,41)(H2,38,39,42);2-14,16,22,36H,15H2,1H3,(H,37,38)(H2,34,35,39);1-5,7-12,15-16H,6,13-14,17H2,(H,36,37)(H2,34,35,38);3*1H4/t25-;16-,22+;;;;/m01..../s1. The number of carboxylic acids is 3. The number of rotatable bonds is 32. The Labute approximate surface area is 719 Å². The van der Waals surface area contributed by atoms with Crippen molar-refractivity contribution in [3.05, 3.63) is 298 Å². The van der Waals surface area contributed by atoms with Gasteiger partial charge in [-0.1, -0.05) is 192 Å². The van der Waals surface area contributed by atoms with E-state index < -0.39 is 143 Å². The predicted molar refractivity (Wildman–Crippen MR) is 429 cm³/mol. The monoisotopic (exact) mass is 1830 g/mol. The van der Waals surface area contributed by atoms with E-state index in [0.29, 0.717) is 28.8 Å². The lowest BCUT2D eigenvalue weighted by Gasteiger charge is -2.37. The molecule has 128 heavy (non-hydrogen) atoms. The minimum atomic E-state index is -5.09.